The van der Waals surface area contributed by atoms with E-state index in [1.54, 1.807) is 26.5 Å². The minimum atomic E-state index is -0.146. The average molecular weight is 525 g/mol. The molecule has 38 heavy (non-hydrogen) atoms. The molecule has 0 aromatic carbocycles. The molecule has 0 spiro atoms. The Morgan fingerprint density at radius 2 is 1.97 bits per heavy atom. The van der Waals surface area contributed by atoms with Crippen molar-refractivity contribution < 1.29 is 23.5 Å². The maximum atomic E-state index is 13.9. The molecule has 0 bridgehead atoms. The maximum Gasteiger partial charge on any atom is 0.324 e. The maximum absolute atomic E-state index is 13.9. The van der Waals surface area contributed by atoms with Gasteiger partial charge in [0.05, 0.1) is 26.2 Å². The summed E-state index contributed by atoms with van der Waals surface area (Å²) in [6.45, 7) is 8.82. The number of furan rings is 1. The monoisotopic (exact) mass is 524 g/mol. The molecule has 0 saturated carbocycles. The Morgan fingerprint density at radius 3 is 2.66 bits per heavy atom. The second kappa shape index (κ2) is 12.3. The Labute approximate surface area is 225 Å². The van der Waals surface area contributed by atoms with Crippen molar-refractivity contribution in [3.8, 4) is 0 Å². The molecule has 4 amide bonds. The number of hydrogen-bond donors (Lipinski definition) is 1. The third-order valence-corrected chi connectivity index (χ3v) is 7.51. The second-order valence-corrected chi connectivity index (χ2v) is 9.90. The van der Waals surface area contributed by atoms with Gasteiger partial charge in [-0.05, 0) is 51.2 Å². The molecule has 206 valence electrons. The van der Waals surface area contributed by atoms with Crippen molar-refractivity contribution in [3.05, 3.63) is 64.7 Å². The molecular weight excluding hydrogens is 484 g/mol. The van der Waals surface area contributed by atoms with E-state index < -0.39 is 0 Å². The summed E-state index contributed by atoms with van der Waals surface area (Å²) in [5.41, 5.74) is 3.93. The van der Waals surface area contributed by atoms with Gasteiger partial charge in [0.2, 0.25) is 0 Å². The van der Waals surface area contributed by atoms with Crippen LogP contribution in [0.25, 0.3) is 0 Å². The summed E-state index contributed by atoms with van der Waals surface area (Å²) in [7, 11) is 3.33. The number of hydrogen-bond acceptors (Lipinski definition) is 5. The van der Waals surface area contributed by atoms with Crippen LogP contribution in [0.2, 0.25) is 0 Å². The van der Waals surface area contributed by atoms with Crippen LogP contribution in [0.4, 0.5) is 15.3 Å². The fraction of sp³-hybridized carbons (Fsp3) is 0.517. The van der Waals surface area contributed by atoms with E-state index >= 15 is 0 Å². The fourth-order valence-electron chi connectivity index (χ4n) is 5.43. The number of carbonyl (C=O) groups excluding carboxylic acids is 2. The van der Waals surface area contributed by atoms with E-state index in [2.05, 4.69) is 18.3 Å². The van der Waals surface area contributed by atoms with Crippen molar-refractivity contribution in [1.29, 1.82) is 0 Å². The van der Waals surface area contributed by atoms with Crippen LogP contribution < -0.4 is 5.32 Å². The summed E-state index contributed by atoms with van der Waals surface area (Å²) in [6.07, 6.45) is 10.6. The van der Waals surface area contributed by atoms with Crippen molar-refractivity contribution >= 4 is 17.7 Å². The van der Waals surface area contributed by atoms with Crippen LogP contribution in [0.3, 0.4) is 0 Å². The van der Waals surface area contributed by atoms with E-state index in [0.29, 0.717) is 63.4 Å². The highest BCUT2D eigenvalue weighted by atomic mass is 16.5. The number of anilines is 1. The quantitative estimate of drug-likeness (QED) is 0.550. The molecule has 4 rings (SSSR count). The van der Waals surface area contributed by atoms with Gasteiger partial charge in [0.25, 0.3) is 0 Å². The van der Waals surface area contributed by atoms with E-state index in [1.165, 1.54) is 0 Å². The predicted octanol–water partition coefficient (Wildman–Crippen LogP) is 5.64. The van der Waals surface area contributed by atoms with Crippen LogP contribution in [0.1, 0.15) is 45.3 Å². The first-order valence-electron chi connectivity index (χ1n) is 13.5. The Morgan fingerprint density at radius 1 is 1.18 bits per heavy atom. The zero-order valence-corrected chi connectivity index (χ0v) is 23.2. The first-order chi connectivity index (χ1) is 18.4. The highest BCUT2D eigenvalue weighted by Crippen LogP contribution is 2.36. The first kappa shape index (κ1) is 27.4. The highest BCUT2D eigenvalue weighted by Gasteiger charge is 2.32. The van der Waals surface area contributed by atoms with Crippen LogP contribution in [0.15, 0.2) is 63.3 Å². The third kappa shape index (κ3) is 5.92. The van der Waals surface area contributed by atoms with Crippen molar-refractivity contribution in [2.75, 3.05) is 52.3 Å². The Hall–Kier alpha value is -3.62. The number of nitrogens with one attached hydrogen (secondary N) is 1. The topological polar surface area (TPSA) is 87.5 Å². The SMILES string of the molecule is CCN1CCCN(C(=O)Nc2ccoc2C)CCCC2=C[C@H](C)C3=C(CC=C(OC)C=C3OC)CN2C1=O. The van der Waals surface area contributed by atoms with Gasteiger partial charge in [-0.1, -0.05) is 13.0 Å². The predicted molar refractivity (Wildman–Crippen MR) is 146 cm³/mol. The van der Waals surface area contributed by atoms with Crippen molar-refractivity contribution in [3.63, 3.8) is 0 Å². The standard InChI is InChI=1S/C29H40N4O5/c1-6-31-14-8-15-32(28(34)30-25-12-16-38-21(25)3)13-7-9-23-17-20(2)27-22(19-33(23)29(31)35)10-11-24(36-4)18-26(27)37-5/h11-12,16-18,20H,6-10,13-15,19H2,1-5H3,(H,30,34)/t20-/m0/s1. The fourth-order valence-corrected chi connectivity index (χ4v) is 5.43. The Kier molecular flexibility index (Phi) is 8.86. The van der Waals surface area contributed by atoms with Crippen LogP contribution in [-0.4, -0.2) is 73.7 Å². The molecule has 9 heteroatoms. The molecule has 9 nitrogen and oxygen atoms in total. The minimum Gasteiger partial charge on any atom is -0.497 e. The van der Waals surface area contributed by atoms with Gasteiger partial charge in [-0.25, -0.2) is 9.59 Å². The van der Waals surface area contributed by atoms with Gasteiger partial charge in [-0.3, -0.25) is 4.90 Å². The molecule has 1 atom stereocenters. The van der Waals surface area contributed by atoms with E-state index in [9.17, 15) is 9.59 Å². The van der Waals surface area contributed by atoms with Gasteiger partial charge in [0.1, 0.15) is 17.3 Å². The van der Waals surface area contributed by atoms with Crippen LogP contribution in [0.5, 0.6) is 0 Å². The molecule has 1 aliphatic carbocycles. The summed E-state index contributed by atoms with van der Waals surface area (Å²) in [6, 6.07) is 1.62. The van der Waals surface area contributed by atoms with Crippen molar-refractivity contribution in [2.45, 2.75) is 46.5 Å². The number of carbonyl (C=O) groups is 2. The number of fused-ring (bicyclic) bond motifs is 1. The number of ether oxygens (including phenoxy) is 2. The summed E-state index contributed by atoms with van der Waals surface area (Å²) in [5.74, 6) is 2.26. The number of rotatable bonds is 4. The van der Waals surface area contributed by atoms with Crippen molar-refractivity contribution in [1.82, 2.24) is 14.7 Å². The molecule has 1 fully saturated rings. The normalized spacial score (nSPS) is 21.2. The van der Waals surface area contributed by atoms with Gasteiger partial charge in [0, 0.05) is 62.1 Å². The summed E-state index contributed by atoms with van der Waals surface area (Å²) in [4.78, 5) is 32.7. The Balaban J connectivity index is 1.61. The van der Waals surface area contributed by atoms with E-state index in [1.807, 2.05) is 40.7 Å². The molecule has 1 aromatic rings. The molecule has 1 N–H and O–H groups in total. The third-order valence-electron chi connectivity index (χ3n) is 7.51. The average Bonchev–Trinajstić information content (AvgIpc) is 3.13. The summed E-state index contributed by atoms with van der Waals surface area (Å²) < 4.78 is 16.6. The highest BCUT2D eigenvalue weighted by molar-refractivity contribution is 5.89. The summed E-state index contributed by atoms with van der Waals surface area (Å²) in [5, 5.41) is 2.97. The smallest absolute Gasteiger partial charge is 0.324 e. The number of nitrogens with zero attached hydrogens (tertiary/aromatic N) is 3. The molecule has 1 aromatic heterocycles. The lowest BCUT2D eigenvalue weighted by Gasteiger charge is -2.31. The zero-order chi connectivity index (χ0) is 27.2. The van der Waals surface area contributed by atoms with Crippen LogP contribution in [-0.2, 0) is 9.47 Å². The van der Waals surface area contributed by atoms with Gasteiger partial charge in [0.15, 0.2) is 0 Å². The van der Waals surface area contributed by atoms with Crippen LogP contribution in [0, 0.1) is 12.8 Å². The number of amides is 4. The molecule has 3 heterocycles. The van der Waals surface area contributed by atoms with E-state index in [4.69, 9.17) is 13.9 Å². The molecular formula is C29H40N4O5. The molecule has 1 saturated heterocycles. The van der Waals surface area contributed by atoms with Gasteiger partial charge >= 0.3 is 12.1 Å². The molecule has 0 unspecified atom stereocenters. The number of methoxy groups -OCH3 is 2. The van der Waals surface area contributed by atoms with E-state index in [-0.39, 0.29) is 18.0 Å². The largest absolute Gasteiger partial charge is 0.497 e. The van der Waals surface area contributed by atoms with Crippen molar-refractivity contribution in [2.24, 2.45) is 5.92 Å². The number of urea groups is 2. The van der Waals surface area contributed by atoms with Gasteiger partial charge in [-0.2, -0.15) is 0 Å². The lowest BCUT2D eigenvalue weighted by atomic mass is 9.93. The van der Waals surface area contributed by atoms with Gasteiger partial charge < -0.3 is 29.0 Å². The lowest BCUT2D eigenvalue weighted by Crippen LogP contribution is -2.44. The van der Waals surface area contributed by atoms with Gasteiger partial charge in [-0.15, -0.1) is 0 Å². The molecule has 3 aliphatic rings. The second-order valence-electron chi connectivity index (χ2n) is 9.90. The first-order valence-corrected chi connectivity index (χ1v) is 13.5. The number of aryl methyl sites for hydroxylation is 1. The van der Waals surface area contributed by atoms with E-state index in [0.717, 1.165) is 34.8 Å². The number of allylic oxidation sites excluding steroid dienone is 5. The molecule has 0 radical (unpaired) electrons. The Bertz CT molecular complexity index is 1160. The summed E-state index contributed by atoms with van der Waals surface area (Å²) >= 11 is 0. The zero-order valence-electron chi connectivity index (χ0n) is 23.2. The minimum absolute atomic E-state index is 0.00904. The lowest BCUT2D eigenvalue weighted by molar-refractivity contribution is 0.168. The van der Waals surface area contributed by atoms with Crippen LogP contribution >= 0.6 is 0 Å². The molecule has 2 aliphatic heterocycles.